The van der Waals surface area contributed by atoms with Gasteiger partial charge in [-0.2, -0.15) is 0 Å². The van der Waals surface area contributed by atoms with Crippen LogP contribution in [0.2, 0.25) is 0 Å². The SMILES string of the molecule is [C-]#[N+]c1ccc(N(C)Cc2cnc(N)cn2)cc1. The van der Waals surface area contributed by atoms with E-state index in [9.17, 15) is 0 Å². The third kappa shape index (κ3) is 2.74. The first-order valence-corrected chi connectivity index (χ1v) is 5.44. The lowest BCUT2D eigenvalue weighted by Crippen LogP contribution is -2.17. The fourth-order valence-corrected chi connectivity index (χ4v) is 1.56. The van der Waals surface area contributed by atoms with Crippen molar-refractivity contribution in [1.82, 2.24) is 9.97 Å². The quantitative estimate of drug-likeness (QED) is 0.834. The largest absolute Gasteiger partial charge is 0.382 e. The number of hydrogen-bond acceptors (Lipinski definition) is 4. The van der Waals surface area contributed by atoms with Crippen molar-refractivity contribution in [1.29, 1.82) is 0 Å². The summed E-state index contributed by atoms with van der Waals surface area (Å²) in [5.41, 5.74) is 8.00. The maximum atomic E-state index is 6.90. The van der Waals surface area contributed by atoms with Gasteiger partial charge < -0.3 is 10.6 Å². The highest BCUT2D eigenvalue weighted by atomic mass is 15.1. The van der Waals surface area contributed by atoms with Crippen molar-refractivity contribution in [2.45, 2.75) is 6.54 Å². The van der Waals surface area contributed by atoms with Crippen LogP contribution < -0.4 is 10.6 Å². The minimum atomic E-state index is 0.419. The molecule has 0 aliphatic carbocycles. The summed E-state index contributed by atoms with van der Waals surface area (Å²) in [6, 6.07) is 7.43. The molecule has 18 heavy (non-hydrogen) atoms. The predicted octanol–water partition coefficient (Wildman–Crippen LogP) is 2.25. The average molecular weight is 239 g/mol. The van der Waals surface area contributed by atoms with Gasteiger partial charge in [0, 0.05) is 12.7 Å². The van der Waals surface area contributed by atoms with Crippen LogP contribution in [0.15, 0.2) is 36.7 Å². The van der Waals surface area contributed by atoms with E-state index >= 15 is 0 Å². The molecule has 0 aliphatic heterocycles. The van der Waals surface area contributed by atoms with E-state index in [2.05, 4.69) is 14.8 Å². The Bertz CT molecular complexity index is 553. The molecular formula is C13H13N5. The van der Waals surface area contributed by atoms with Gasteiger partial charge in [0.2, 0.25) is 0 Å². The number of aromatic nitrogens is 2. The smallest absolute Gasteiger partial charge is 0.187 e. The van der Waals surface area contributed by atoms with Crippen LogP contribution in [-0.4, -0.2) is 17.0 Å². The lowest BCUT2D eigenvalue weighted by atomic mass is 10.2. The topological polar surface area (TPSA) is 59.4 Å². The molecule has 1 aromatic carbocycles. The predicted molar refractivity (Wildman–Crippen MR) is 71.3 cm³/mol. The van der Waals surface area contributed by atoms with Gasteiger partial charge in [-0.05, 0) is 12.1 Å². The Kier molecular flexibility index (Phi) is 3.39. The van der Waals surface area contributed by atoms with Gasteiger partial charge in [0.15, 0.2) is 5.69 Å². The molecule has 1 heterocycles. The molecule has 0 spiro atoms. The minimum absolute atomic E-state index is 0.419. The lowest BCUT2D eigenvalue weighted by Gasteiger charge is -2.18. The third-order valence-electron chi connectivity index (χ3n) is 2.54. The van der Waals surface area contributed by atoms with Gasteiger partial charge >= 0.3 is 0 Å². The van der Waals surface area contributed by atoms with Crippen molar-refractivity contribution in [3.8, 4) is 0 Å². The van der Waals surface area contributed by atoms with E-state index < -0.39 is 0 Å². The van der Waals surface area contributed by atoms with Crippen LogP contribution in [0.3, 0.4) is 0 Å². The summed E-state index contributed by atoms with van der Waals surface area (Å²) in [5.74, 6) is 0.419. The molecule has 2 N–H and O–H groups in total. The maximum Gasteiger partial charge on any atom is 0.187 e. The number of benzene rings is 1. The Morgan fingerprint density at radius 1 is 1.22 bits per heavy atom. The Morgan fingerprint density at radius 3 is 2.50 bits per heavy atom. The molecule has 1 aromatic heterocycles. The van der Waals surface area contributed by atoms with E-state index in [4.69, 9.17) is 12.3 Å². The van der Waals surface area contributed by atoms with E-state index in [0.29, 0.717) is 18.1 Å². The molecule has 5 heteroatoms. The van der Waals surface area contributed by atoms with Crippen LogP contribution >= 0.6 is 0 Å². The van der Waals surface area contributed by atoms with Gasteiger partial charge in [0.05, 0.1) is 31.2 Å². The number of rotatable bonds is 3. The molecule has 0 saturated heterocycles. The first-order valence-electron chi connectivity index (χ1n) is 5.44. The molecule has 0 atom stereocenters. The van der Waals surface area contributed by atoms with E-state index in [1.165, 1.54) is 0 Å². The van der Waals surface area contributed by atoms with Crippen LogP contribution in [0.4, 0.5) is 17.2 Å². The highest BCUT2D eigenvalue weighted by Crippen LogP contribution is 2.19. The summed E-state index contributed by atoms with van der Waals surface area (Å²) < 4.78 is 0. The van der Waals surface area contributed by atoms with E-state index in [1.807, 2.05) is 24.1 Å². The lowest BCUT2D eigenvalue weighted by molar-refractivity contribution is 0.875. The number of nitrogens with zero attached hydrogens (tertiary/aromatic N) is 4. The first-order chi connectivity index (χ1) is 8.69. The van der Waals surface area contributed by atoms with Gasteiger partial charge in [-0.25, -0.2) is 9.83 Å². The molecule has 0 unspecified atom stereocenters. The number of nitrogen functional groups attached to an aromatic ring is 1. The zero-order valence-corrected chi connectivity index (χ0v) is 10.0. The van der Waals surface area contributed by atoms with Crippen molar-refractivity contribution < 1.29 is 0 Å². The monoisotopic (exact) mass is 239 g/mol. The molecule has 0 aliphatic rings. The highest BCUT2D eigenvalue weighted by molar-refractivity contribution is 5.55. The van der Waals surface area contributed by atoms with Crippen LogP contribution in [0.5, 0.6) is 0 Å². The number of nitrogens with two attached hydrogens (primary N) is 1. The van der Waals surface area contributed by atoms with Gasteiger partial charge in [-0.3, -0.25) is 4.98 Å². The summed E-state index contributed by atoms with van der Waals surface area (Å²) in [6.07, 6.45) is 3.21. The van der Waals surface area contributed by atoms with Crippen molar-refractivity contribution in [3.63, 3.8) is 0 Å². The van der Waals surface area contributed by atoms with Crippen molar-refractivity contribution in [2.75, 3.05) is 17.7 Å². The van der Waals surface area contributed by atoms with Crippen LogP contribution in [0.25, 0.3) is 4.85 Å². The average Bonchev–Trinajstić information content (AvgIpc) is 2.41. The van der Waals surface area contributed by atoms with Crippen LogP contribution in [0, 0.1) is 6.57 Å². The molecule has 0 radical (unpaired) electrons. The van der Waals surface area contributed by atoms with E-state index in [-0.39, 0.29) is 0 Å². The molecule has 2 rings (SSSR count). The second kappa shape index (κ2) is 5.15. The van der Waals surface area contributed by atoms with Crippen molar-refractivity contribution in [3.05, 3.63) is 53.8 Å². The molecule has 0 bridgehead atoms. The second-order valence-corrected chi connectivity index (χ2v) is 3.92. The molecule has 90 valence electrons. The highest BCUT2D eigenvalue weighted by Gasteiger charge is 2.03. The van der Waals surface area contributed by atoms with Gasteiger partial charge in [-0.15, -0.1) is 0 Å². The Labute approximate surface area is 106 Å². The number of anilines is 2. The van der Waals surface area contributed by atoms with Crippen LogP contribution in [-0.2, 0) is 6.54 Å². The summed E-state index contributed by atoms with van der Waals surface area (Å²) >= 11 is 0. The number of hydrogen-bond donors (Lipinski definition) is 1. The molecule has 5 nitrogen and oxygen atoms in total. The Morgan fingerprint density at radius 2 is 1.94 bits per heavy atom. The van der Waals surface area contributed by atoms with Crippen molar-refractivity contribution >= 4 is 17.2 Å². The molecule has 2 aromatic rings. The summed E-state index contributed by atoms with van der Waals surface area (Å²) in [7, 11) is 1.96. The van der Waals surface area contributed by atoms with E-state index in [1.54, 1.807) is 24.5 Å². The van der Waals surface area contributed by atoms with Crippen molar-refractivity contribution in [2.24, 2.45) is 0 Å². The normalized spacial score (nSPS) is 9.78. The molecule has 0 fully saturated rings. The first kappa shape index (κ1) is 11.9. The zero-order chi connectivity index (χ0) is 13.0. The van der Waals surface area contributed by atoms with E-state index in [0.717, 1.165) is 11.4 Å². The zero-order valence-electron chi connectivity index (χ0n) is 10.0. The fourth-order valence-electron chi connectivity index (χ4n) is 1.56. The minimum Gasteiger partial charge on any atom is -0.382 e. The van der Waals surface area contributed by atoms with Gasteiger partial charge in [-0.1, -0.05) is 12.1 Å². The van der Waals surface area contributed by atoms with Gasteiger partial charge in [0.25, 0.3) is 0 Å². The molecule has 0 saturated carbocycles. The summed E-state index contributed by atoms with van der Waals surface area (Å²) in [5, 5.41) is 0. The fraction of sp³-hybridized carbons (Fsp3) is 0.154. The maximum absolute atomic E-state index is 6.90. The van der Waals surface area contributed by atoms with Crippen LogP contribution in [0.1, 0.15) is 5.69 Å². The van der Waals surface area contributed by atoms with Gasteiger partial charge in [0.1, 0.15) is 5.82 Å². The Balaban J connectivity index is 2.09. The third-order valence-corrected chi connectivity index (χ3v) is 2.54. The molecule has 0 amide bonds. The second-order valence-electron chi connectivity index (χ2n) is 3.92. The molecular weight excluding hydrogens is 226 g/mol. The Hall–Kier alpha value is -2.61. The summed E-state index contributed by atoms with van der Waals surface area (Å²) in [6.45, 7) is 7.55. The standard InChI is InChI=1S/C13H13N5/c1-15-10-3-5-12(6-4-10)18(2)9-11-7-17-13(14)8-16-11/h3-8H,9H2,2H3,(H2,14,17). The summed E-state index contributed by atoms with van der Waals surface area (Å²) in [4.78, 5) is 13.6.